The van der Waals surface area contributed by atoms with Gasteiger partial charge in [0.1, 0.15) is 0 Å². The maximum atomic E-state index is 11.2. The zero-order valence-electron chi connectivity index (χ0n) is 10.2. The smallest absolute Gasteiger partial charge is 0.307 e. The van der Waals surface area contributed by atoms with Crippen LogP contribution in [0.25, 0.3) is 0 Å². The molecule has 17 heavy (non-hydrogen) atoms. The predicted octanol–water partition coefficient (Wildman–Crippen LogP) is 2.22. The van der Waals surface area contributed by atoms with Gasteiger partial charge in [-0.15, -0.1) is 0 Å². The van der Waals surface area contributed by atoms with Gasteiger partial charge in [0.15, 0.2) is 0 Å². The minimum atomic E-state index is -0.119. The molecule has 0 saturated carbocycles. The molecule has 0 bridgehead atoms. The van der Waals surface area contributed by atoms with Gasteiger partial charge >= 0.3 is 5.97 Å². The minimum Gasteiger partial charge on any atom is -0.466 e. The first-order valence-corrected chi connectivity index (χ1v) is 6.28. The van der Waals surface area contributed by atoms with Crippen LogP contribution in [-0.2, 0) is 16.0 Å². The summed E-state index contributed by atoms with van der Waals surface area (Å²) in [5, 5.41) is 3.43. The maximum Gasteiger partial charge on any atom is 0.307 e. The standard InChI is InChI=1S/C14H19NO2/c1-2-17-14(16)9-10-15-13-8-7-11-5-3-4-6-12(11)13/h3-6,13,15H,2,7-10H2,1H3. The number of hydrogen-bond acceptors (Lipinski definition) is 3. The number of rotatable bonds is 5. The number of hydrogen-bond donors (Lipinski definition) is 1. The van der Waals surface area contributed by atoms with Crippen molar-refractivity contribution in [3.63, 3.8) is 0 Å². The third kappa shape index (κ3) is 3.07. The lowest BCUT2D eigenvalue weighted by Crippen LogP contribution is -2.23. The lowest BCUT2D eigenvalue weighted by atomic mass is 10.1. The number of nitrogens with one attached hydrogen (secondary N) is 1. The molecule has 0 fully saturated rings. The minimum absolute atomic E-state index is 0.119. The summed E-state index contributed by atoms with van der Waals surface area (Å²) in [4.78, 5) is 11.2. The first-order chi connectivity index (χ1) is 8.31. The number of carbonyl (C=O) groups is 1. The van der Waals surface area contributed by atoms with E-state index in [9.17, 15) is 4.79 Å². The SMILES string of the molecule is CCOC(=O)CCNC1CCc2ccccc21. The number of esters is 1. The van der Waals surface area contributed by atoms with E-state index in [0.29, 0.717) is 25.6 Å². The van der Waals surface area contributed by atoms with Crippen LogP contribution < -0.4 is 5.32 Å². The van der Waals surface area contributed by atoms with Crippen molar-refractivity contribution in [2.45, 2.75) is 32.2 Å². The molecular weight excluding hydrogens is 214 g/mol. The molecule has 1 unspecified atom stereocenters. The fourth-order valence-corrected chi connectivity index (χ4v) is 2.35. The average molecular weight is 233 g/mol. The van der Waals surface area contributed by atoms with Crippen molar-refractivity contribution in [2.75, 3.05) is 13.2 Å². The van der Waals surface area contributed by atoms with E-state index in [-0.39, 0.29) is 5.97 Å². The fraction of sp³-hybridized carbons (Fsp3) is 0.500. The predicted molar refractivity (Wildman–Crippen MR) is 66.8 cm³/mol. The Balaban J connectivity index is 1.80. The van der Waals surface area contributed by atoms with Gasteiger partial charge in [-0.05, 0) is 30.9 Å². The summed E-state index contributed by atoms with van der Waals surface area (Å²) >= 11 is 0. The van der Waals surface area contributed by atoms with Gasteiger partial charge in [0.25, 0.3) is 0 Å². The van der Waals surface area contributed by atoms with E-state index in [2.05, 4.69) is 29.6 Å². The molecule has 92 valence electrons. The van der Waals surface area contributed by atoms with Crippen LogP contribution >= 0.6 is 0 Å². The van der Waals surface area contributed by atoms with Crippen LogP contribution in [0.1, 0.15) is 36.9 Å². The van der Waals surface area contributed by atoms with E-state index >= 15 is 0 Å². The first-order valence-electron chi connectivity index (χ1n) is 6.28. The molecule has 0 heterocycles. The molecule has 0 amide bonds. The summed E-state index contributed by atoms with van der Waals surface area (Å²) in [6.45, 7) is 2.99. The molecule has 1 aromatic carbocycles. The summed E-state index contributed by atoms with van der Waals surface area (Å²) < 4.78 is 4.90. The molecule has 1 atom stereocenters. The van der Waals surface area contributed by atoms with E-state index < -0.39 is 0 Å². The monoisotopic (exact) mass is 233 g/mol. The van der Waals surface area contributed by atoms with Gasteiger partial charge in [0, 0.05) is 12.6 Å². The Hall–Kier alpha value is -1.35. The Morgan fingerprint density at radius 3 is 3.12 bits per heavy atom. The Bertz CT molecular complexity index is 390. The molecule has 1 aliphatic rings. The summed E-state index contributed by atoms with van der Waals surface area (Å²) in [6.07, 6.45) is 2.71. The van der Waals surface area contributed by atoms with Crippen molar-refractivity contribution < 1.29 is 9.53 Å². The van der Waals surface area contributed by atoms with Crippen LogP contribution in [0.3, 0.4) is 0 Å². The Morgan fingerprint density at radius 2 is 2.29 bits per heavy atom. The summed E-state index contributed by atoms with van der Waals surface area (Å²) in [5.41, 5.74) is 2.82. The quantitative estimate of drug-likeness (QED) is 0.792. The molecule has 2 rings (SSSR count). The summed E-state index contributed by atoms with van der Waals surface area (Å²) in [7, 11) is 0. The van der Waals surface area contributed by atoms with Gasteiger partial charge in [0.05, 0.1) is 13.0 Å². The molecule has 0 spiro atoms. The van der Waals surface area contributed by atoms with E-state index in [0.717, 1.165) is 12.8 Å². The average Bonchev–Trinajstić information content (AvgIpc) is 2.73. The van der Waals surface area contributed by atoms with Crippen LogP contribution in [0.4, 0.5) is 0 Å². The normalized spacial score (nSPS) is 17.8. The number of benzene rings is 1. The first kappa shape index (κ1) is 12.1. The highest BCUT2D eigenvalue weighted by Crippen LogP contribution is 2.30. The molecule has 1 aromatic rings. The van der Waals surface area contributed by atoms with Crippen molar-refractivity contribution >= 4 is 5.97 Å². The van der Waals surface area contributed by atoms with Crippen molar-refractivity contribution in [1.29, 1.82) is 0 Å². The van der Waals surface area contributed by atoms with Gasteiger partial charge in [-0.1, -0.05) is 24.3 Å². The molecule has 1 N–H and O–H groups in total. The number of carbonyl (C=O) groups excluding carboxylic acids is 1. The van der Waals surface area contributed by atoms with Crippen LogP contribution in [0.15, 0.2) is 24.3 Å². The highest BCUT2D eigenvalue weighted by Gasteiger charge is 2.21. The largest absolute Gasteiger partial charge is 0.466 e. The van der Waals surface area contributed by atoms with E-state index in [4.69, 9.17) is 4.74 Å². The van der Waals surface area contributed by atoms with Gasteiger partial charge in [-0.25, -0.2) is 0 Å². The van der Waals surface area contributed by atoms with E-state index in [1.165, 1.54) is 11.1 Å². The highest BCUT2D eigenvalue weighted by atomic mass is 16.5. The Morgan fingerprint density at radius 1 is 1.47 bits per heavy atom. The number of fused-ring (bicyclic) bond motifs is 1. The third-order valence-corrected chi connectivity index (χ3v) is 3.16. The topological polar surface area (TPSA) is 38.3 Å². The van der Waals surface area contributed by atoms with Crippen LogP contribution in [0.5, 0.6) is 0 Å². The Kier molecular flexibility index (Phi) is 4.15. The van der Waals surface area contributed by atoms with Crippen molar-refractivity contribution in [3.05, 3.63) is 35.4 Å². The third-order valence-electron chi connectivity index (χ3n) is 3.16. The zero-order valence-corrected chi connectivity index (χ0v) is 10.2. The second-order valence-electron chi connectivity index (χ2n) is 4.30. The summed E-state index contributed by atoms with van der Waals surface area (Å²) in [5.74, 6) is -0.119. The molecule has 0 aromatic heterocycles. The Labute approximate surface area is 102 Å². The fourth-order valence-electron chi connectivity index (χ4n) is 2.35. The van der Waals surface area contributed by atoms with E-state index in [1.54, 1.807) is 0 Å². The van der Waals surface area contributed by atoms with Crippen LogP contribution in [0.2, 0.25) is 0 Å². The van der Waals surface area contributed by atoms with E-state index in [1.807, 2.05) is 6.92 Å². The molecule has 1 aliphatic carbocycles. The molecule has 3 nitrogen and oxygen atoms in total. The molecule has 3 heteroatoms. The maximum absolute atomic E-state index is 11.2. The number of ether oxygens (including phenoxy) is 1. The van der Waals surface area contributed by atoms with Crippen LogP contribution in [-0.4, -0.2) is 19.1 Å². The summed E-state index contributed by atoms with van der Waals surface area (Å²) in [6, 6.07) is 8.91. The molecular formula is C14H19NO2. The van der Waals surface area contributed by atoms with Gasteiger partial charge in [-0.3, -0.25) is 4.79 Å². The number of aryl methyl sites for hydroxylation is 1. The zero-order chi connectivity index (χ0) is 12.1. The van der Waals surface area contributed by atoms with Gasteiger partial charge < -0.3 is 10.1 Å². The second kappa shape index (κ2) is 5.82. The highest BCUT2D eigenvalue weighted by molar-refractivity contribution is 5.69. The lowest BCUT2D eigenvalue weighted by Gasteiger charge is -2.13. The van der Waals surface area contributed by atoms with Gasteiger partial charge in [-0.2, -0.15) is 0 Å². The van der Waals surface area contributed by atoms with Gasteiger partial charge in [0.2, 0.25) is 0 Å². The molecule has 0 radical (unpaired) electrons. The molecule has 0 saturated heterocycles. The van der Waals surface area contributed by atoms with Crippen molar-refractivity contribution in [2.24, 2.45) is 0 Å². The van der Waals surface area contributed by atoms with Crippen LogP contribution in [0, 0.1) is 0 Å². The second-order valence-corrected chi connectivity index (χ2v) is 4.30. The molecule has 0 aliphatic heterocycles. The van der Waals surface area contributed by atoms with Crippen molar-refractivity contribution in [1.82, 2.24) is 5.32 Å². The lowest BCUT2D eigenvalue weighted by molar-refractivity contribution is -0.143. The van der Waals surface area contributed by atoms with Crippen molar-refractivity contribution in [3.8, 4) is 0 Å².